The van der Waals surface area contributed by atoms with E-state index in [4.69, 9.17) is 10.5 Å². The SMILES string of the molecule is CCCc1nc(NCc2cccnc2)c(N)c(OCC)n1. The van der Waals surface area contributed by atoms with Crippen molar-refractivity contribution in [2.24, 2.45) is 0 Å². The average Bonchev–Trinajstić information content (AvgIpc) is 2.50. The third-order valence-corrected chi connectivity index (χ3v) is 2.89. The second-order valence-corrected chi connectivity index (χ2v) is 4.61. The van der Waals surface area contributed by atoms with E-state index in [1.165, 1.54) is 0 Å². The van der Waals surface area contributed by atoms with Gasteiger partial charge in [0.25, 0.3) is 0 Å². The molecule has 0 atom stereocenters. The summed E-state index contributed by atoms with van der Waals surface area (Å²) < 4.78 is 5.49. The van der Waals surface area contributed by atoms with Gasteiger partial charge in [0.1, 0.15) is 11.5 Å². The molecule has 3 N–H and O–H groups in total. The van der Waals surface area contributed by atoms with E-state index in [0.29, 0.717) is 30.5 Å². The van der Waals surface area contributed by atoms with Crippen LogP contribution in [0.5, 0.6) is 5.88 Å². The van der Waals surface area contributed by atoms with Gasteiger partial charge in [-0.2, -0.15) is 4.98 Å². The molecule has 21 heavy (non-hydrogen) atoms. The number of aryl methyl sites for hydroxylation is 1. The first-order chi connectivity index (χ1) is 10.2. The topological polar surface area (TPSA) is 86.0 Å². The summed E-state index contributed by atoms with van der Waals surface area (Å²) in [7, 11) is 0. The van der Waals surface area contributed by atoms with Crippen molar-refractivity contribution >= 4 is 11.5 Å². The second-order valence-electron chi connectivity index (χ2n) is 4.61. The molecule has 0 fully saturated rings. The quantitative estimate of drug-likeness (QED) is 0.813. The third kappa shape index (κ3) is 4.05. The van der Waals surface area contributed by atoms with Gasteiger partial charge in [-0.05, 0) is 25.0 Å². The number of nitrogen functional groups attached to an aromatic ring is 1. The average molecular weight is 287 g/mol. The predicted molar refractivity (Wildman–Crippen MR) is 83.2 cm³/mol. The lowest BCUT2D eigenvalue weighted by atomic mass is 10.3. The number of nitrogens with two attached hydrogens (primary N) is 1. The van der Waals surface area contributed by atoms with Crippen LogP contribution in [-0.4, -0.2) is 21.6 Å². The molecule has 0 aliphatic carbocycles. The number of rotatable bonds is 7. The molecule has 0 unspecified atom stereocenters. The first-order valence-electron chi connectivity index (χ1n) is 7.16. The molecule has 0 saturated carbocycles. The Hall–Kier alpha value is -2.37. The van der Waals surface area contributed by atoms with Crippen LogP contribution >= 0.6 is 0 Å². The van der Waals surface area contributed by atoms with Crippen LogP contribution in [-0.2, 0) is 13.0 Å². The van der Waals surface area contributed by atoms with E-state index in [1.807, 2.05) is 19.1 Å². The van der Waals surface area contributed by atoms with Crippen molar-refractivity contribution in [2.75, 3.05) is 17.7 Å². The lowest BCUT2D eigenvalue weighted by molar-refractivity contribution is 0.327. The number of nitrogens with zero attached hydrogens (tertiary/aromatic N) is 3. The van der Waals surface area contributed by atoms with E-state index in [9.17, 15) is 0 Å². The molecule has 0 aliphatic heterocycles. The molecule has 0 radical (unpaired) electrons. The Bertz CT molecular complexity index is 574. The Balaban J connectivity index is 2.20. The van der Waals surface area contributed by atoms with Crippen LogP contribution in [0, 0.1) is 0 Å². The van der Waals surface area contributed by atoms with E-state index in [2.05, 4.69) is 27.2 Å². The lowest BCUT2D eigenvalue weighted by Gasteiger charge is -2.13. The summed E-state index contributed by atoms with van der Waals surface area (Å²) in [5, 5.41) is 3.23. The van der Waals surface area contributed by atoms with E-state index < -0.39 is 0 Å². The largest absolute Gasteiger partial charge is 0.476 e. The molecule has 0 saturated heterocycles. The van der Waals surface area contributed by atoms with E-state index in [-0.39, 0.29) is 0 Å². The fourth-order valence-electron chi connectivity index (χ4n) is 1.90. The zero-order chi connectivity index (χ0) is 15.1. The van der Waals surface area contributed by atoms with E-state index >= 15 is 0 Å². The van der Waals surface area contributed by atoms with Crippen LogP contribution in [0.25, 0.3) is 0 Å². The molecule has 0 aliphatic rings. The molecule has 0 spiro atoms. The Morgan fingerprint density at radius 1 is 1.29 bits per heavy atom. The standard InChI is InChI=1S/C15H21N5O/c1-3-6-12-19-14(13(16)15(20-12)21-4-2)18-10-11-7-5-8-17-9-11/h5,7-9H,3-4,6,10,16H2,1-2H3,(H,18,19,20). The predicted octanol–water partition coefficient (Wildman–Crippen LogP) is 2.42. The molecule has 6 heteroatoms. The lowest BCUT2D eigenvalue weighted by Crippen LogP contribution is -2.11. The van der Waals surface area contributed by atoms with Crippen molar-refractivity contribution in [3.8, 4) is 5.88 Å². The van der Waals surface area contributed by atoms with Crippen LogP contribution < -0.4 is 15.8 Å². The van der Waals surface area contributed by atoms with Crippen molar-refractivity contribution in [2.45, 2.75) is 33.2 Å². The maximum absolute atomic E-state index is 6.07. The number of pyridine rings is 1. The van der Waals surface area contributed by atoms with Crippen molar-refractivity contribution in [1.82, 2.24) is 15.0 Å². The molecule has 112 valence electrons. The maximum Gasteiger partial charge on any atom is 0.242 e. The molecular formula is C15H21N5O. The second kappa shape index (κ2) is 7.42. The highest BCUT2D eigenvalue weighted by molar-refractivity contribution is 5.67. The zero-order valence-electron chi connectivity index (χ0n) is 12.5. The van der Waals surface area contributed by atoms with Crippen LogP contribution in [0.1, 0.15) is 31.7 Å². The summed E-state index contributed by atoms with van der Waals surface area (Å²) in [6.45, 7) is 5.12. The van der Waals surface area contributed by atoms with E-state index in [0.717, 1.165) is 24.2 Å². The van der Waals surface area contributed by atoms with E-state index in [1.54, 1.807) is 12.4 Å². The summed E-state index contributed by atoms with van der Waals surface area (Å²) in [4.78, 5) is 12.9. The zero-order valence-corrected chi connectivity index (χ0v) is 12.5. The smallest absolute Gasteiger partial charge is 0.242 e. The van der Waals surface area contributed by atoms with Gasteiger partial charge in [-0.15, -0.1) is 0 Å². The summed E-state index contributed by atoms with van der Waals surface area (Å²) >= 11 is 0. The Kier molecular flexibility index (Phi) is 5.31. The van der Waals surface area contributed by atoms with Crippen LogP contribution in [0.3, 0.4) is 0 Å². The third-order valence-electron chi connectivity index (χ3n) is 2.89. The molecule has 0 bridgehead atoms. The molecule has 2 heterocycles. The van der Waals surface area contributed by atoms with Crippen molar-refractivity contribution in [3.63, 3.8) is 0 Å². The number of anilines is 2. The molecule has 2 aromatic heterocycles. The van der Waals surface area contributed by atoms with Gasteiger partial charge in [0, 0.05) is 25.4 Å². The molecule has 2 aromatic rings. The van der Waals surface area contributed by atoms with Gasteiger partial charge in [-0.1, -0.05) is 13.0 Å². The van der Waals surface area contributed by atoms with Gasteiger partial charge >= 0.3 is 0 Å². The van der Waals surface area contributed by atoms with Gasteiger partial charge in [-0.25, -0.2) is 4.98 Å². The van der Waals surface area contributed by atoms with Crippen molar-refractivity contribution in [1.29, 1.82) is 0 Å². The number of hydrogen-bond acceptors (Lipinski definition) is 6. The maximum atomic E-state index is 6.07. The minimum absolute atomic E-state index is 0.445. The van der Waals surface area contributed by atoms with Crippen LogP contribution in [0.2, 0.25) is 0 Å². The summed E-state index contributed by atoms with van der Waals surface area (Å²) in [6.07, 6.45) is 5.31. The van der Waals surface area contributed by atoms with Gasteiger partial charge in [0.2, 0.25) is 5.88 Å². The number of hydrogen-bond donors (Lipinski definition) is 2. The number of ether oxygens (including phenoxy) is 1. The molecule has 2 rings (SSSR count). The fourth-order valence-corrected chi connectivity index (χ4v) is 1.90. The summed E-state index contributed by atoms with van der Waals surface area (Å²) in [5.41, 5.74) is 7.58. The van der Waals surface area contributed by atoms with Crippen LogP contribution in [0.4, 0.5) is 11.5 Å². The summed E-state index contributed by atoms with van der Waals surface area (Å²) in [6, 6.07) is 3.89. The number of nitrogens with one attached hydrogen (secondary N) is 1. The highest BCUT2D eigenvalue weighted by Gasteiger charge is 2.12. The number of aromatic nitrogens is 3. The fraction of sp³-hybridized carbons (Fsp3) is 0.400. The molecule has 0 aromatic carbocycles. The minimum atomic E-state index is 0.445. The van der Waals surface area contributed by atoms with Gasteiger partial charge in [0.15, 0.2) is 5.82 Å². The monoisotopic (exact) mass is 287 g/mol. The Labute approximate surface area is 124 Å². The van der Waals surface area contributed by atoms with Crippen molar-refractivity contribution < 1.29 is 4.74 Å². The Morgan fingerprint density at radius 2 is 2.14 bits per heavy atom. The first-order valence-corrected chi connectivity index (χ1v) is 7.16. The van der Waals surface area contributed by atoms with Gasteiger partial charge in [-0.3, -0.25) is 4.98 Å². The molecular weight excluding hydrogens is 266 g/mol. The van der Waals surface area contributed by atoms with Gasteiger partial charge < -0.3 is 15.8 Å². The molecule has 0 amide bonds. The highest BCUT2D eigenvalue weighted by atomic mass is 16.5. The van der Waals surface area contributed by atoms with Gasteiger partial charge in [0.05, 0.1) is 6.61 Å². The Morgan fingerprint density at radius 3 is 2.81 bits per heavy atom. The summed E-state index contributed by atoms with van der Waals surface area (Å²) in [5.74, 6) is 1.80. The normalized spacial score (nSPS) is 10.4. The van der Waals surface area contributed by atoms with Crippen LogP contribution in [0.15, 0.2) is 24.5 Å². The molecule has 6 nitrogen and oxygen atoms in total. The van der Waals surface area contributed by atoms with Crippen molar-refractivity contribution in [3.05, 3.63) is 35.9 Å². The highest BCUT2D eigenvalue weighted by Crippen LogP contribution is 2.26. The minimum Gasteiger partial charge on any atom is -0.476 e. The first kappa shape index (κ1) is 15.0.